The SMILES string of the molecule is NC1=NC(C2C(CNC(=O)c3cc(Br)c[nH]3)C(CNC(=O)c3cc(Br)c[nH]3)C2c2cnc(N)[nH]2)C(=O)N1. The lowest BCUT2D eigenvalue weighted by Crippen LogP contribution is -2.59. The van der Waals surface area contributed by atoms with Gasteiger partial charge in [-0.15, -0.1) is 0 Å². The second-order valence-electron chi connectivity index (χ2n) is 8.99. The van der Waals surface area contributed by atoms with E-state index in [2.05, 4.69) is 72.7 Å². The molecule has 1 fully saturated rings. The van der Waals surface area contributed by atoms with E-state index in [0.717, 1.165) is 8.95 Å². The number of aliphatic imine (C=N–C) groups is 1. The largest absolute Gasteiger partial charge is 0.370 e. The molecule has 10 N–H and O–H groups in total. The average Bonchev–Trinajstić information content (AvgIpc) is 3.63. The van der Waals surface area contributed by atoms with Crippen LogP contribution in [0.1, 0.15) is 32.6 Å². The predicted octanol–water partition coefficient (Wildman–Crippen LogP) is 0.792. The summed E-state index contributed by atoms with van der Waals surface area (Å²) >= 11 is 6.65. The van der Waals surface area contributed by atoms with Crippen LogP contribution in [0, 0.1) is 17.8 Å². The Bertz CT molecular complexity index is 1380. The van der Waals surface area contributed by atoms with Crippen molar-refractivity contribution < 1.29 is 14.4 Å². The topological polar surface area (TPSA) is 212 Å². The van der Waals surface area contributed by atoms with Crippen LogP contribution in [0.3, 0.4) is 0 Å². The van der Waals surface area contributed by atoms with Gasteiger partial charge in [0.2, 0.25) is 0 Å². The summed E-state index contributed by atoms with van der Waals surface area (Å²) < 4.78 is 1.51. The second-order valence-corrected chi connectivity index (χ2v) is 10.8. The summed E-state index contributed by atoms with van der Waals surface area (Å²) in [6.07, 6.45) is 4.95. The molecule has 4 heterocycles. The second kappa shape index (κ2) is 10.0. The standard InChI is InChI=1S/C22H24Br2N10O3/c23-8-1-12(27-3-8)18(35)29-5-10-11(6-30-19(36)13-2-9(24)4-28-13)16(17-20(37)34-22(26)33-17)15(10)14-7-31-21(25)32-14/h1-4,7,10-11,15-17,27-28H,5-6H2,(H,29,35)(H,30,36)(H3,25,31,32)(H3,26,33,34,37). The third kappa shape index (κ3) is 5.00. The number of imidazole rings is 1. The summed E-state index contributed by atoms with van der Waals surface area (Å²) in [5.41, 5.74) is 13.2. The van der Waals surface area contributed by atoms with Crippen LogP contribution in [0.25, 0.3) is 0 Å². The first kappa shape index (κ1) is 25.1. The molecule has 194 valence electrons. The predicted molar refractivity (Wildman–Crippen MR) is 141 cm³/mol. The molecule has 0 radical (unpaired) electrons. The summed E-state index contributed by atoms with van der Waals surface area (Å²) in [4.78, 5) is 55.6. The minimum atomic E-state index is -0.762. The minimum absolute atomic E-state index is 0.0472. The summed E-state index contributed by atoms with van der Waals surface area (Å²) in [6, 6.07) is 2.59. The van der Waals surface area contributed by atoms with Crippen molar-refractivity contribution in [3.63, 3.8) is 0 Å². The van der Waals surface area contributed by atoms with E-state index < -0.39 is 6.04 Å². The molecule has 5 atom stereocenters. The van der Waals surface area contributed by atoms with Gasteiger partial charge in [-0.2, -0.15) is 0 Å². The number of carbonyl (C=O) groups is 3. The highest BCUT2D eigenvalue weighted by Gasteiger charge is 2.57. The van der Waals surface area contributed by atoms with Gasteiger partial charge >= 0.3 is 0 Å². The van der Waals surface area contributed by atoms with Crippen LogP contribution in [0.15, 0.2) is 44.7 Å². The number of nitrogens with one attached hydrogen (secondary N) is 6. The van der Waals surface area contributed by atoms with Crippen molar-refractivity contribution in [3.8, 4) is 0 Å². The van der Waals surface area contributed by atoms with Gasteiger partial charge in [0.15, 0.2) is 11.9 Å². The maximum atomic E-state index is 12.8. The van der Waals surface area contributed by atoms with E-state index in [-0.39, 0.29) is 66.4 Å². The molecule has 0 bridgehead atoms. The maximum Gasteiger partial charge on any atom is 0.267 e. The molecule has 1 aliphatic carbocycles. The molecule has 2 aliphatic rings. The van der Waals surface area contributed by atoms with Crippen molar-refractivity contribution in [3.05, 3.63) is 56.8 Å². The van der Waals surface area contributed by atoms with Gasteiger partial charge < -0.3 is 37.1 Å². The smallest absolute Gasteiger partial charge is 0.267 e. The number of aromatic nitrogens is 4. The first-order valence-corrected chi connectivity index (χ1v) is 13.0. The molecule has 37 heavy (non-hydrogen) atoms. The molecule has 0 aromatic carbocycles. The van der Waals surface area contributed by atoms with E-state index in [1.54, 1.807) is 30.7 Å². The molecule has 3 aromatic rings. The fraction of sp³-hybridized carbons (Fsp3) is 0.318. The number of guanidine groups is 1. The van der Waals surface area contributed by atoms with E-state index in [9.17, 15) is 14.4 Å². The molecule has 13 nitrogen and oxygen atoms in total. The van der Waals surface area contributed by atoms with Gasteiger partial charge in [0.05, 0.1) is 6.20 Å². The lowest BCUT2D eigenvalue weighted by atomic mass is 9.53. The molecule has 15 heteroatoms. The lowest BCUT2D eigenvalue weighted by Gasteiger charge is -2.53. The zero-order chi connectivity index (χ0) is 26.3. The van der Waals surface area contributed by atoms with Crippen LogP contribution in [0.5, 0.6) is 0 Å². The molecule has 0 saturated heterocycles. The van der Waals surface area contributed by atoms with E-state index in [4.69, 9.17) is 11.5 Å². The summed E-state index contributed by atoms with van der Waals surface area (Å²) in [6.45, 7) is 0.520. The Balaban J connectivity index is 1.41. The highest BCUT2D eigenvalue weighted by molar-refractivity contribution is 9.10. The van der Waals surface area contributed by atoms with Crippen LogP contribution >= 0.6 is 31.9 Å². The molecule has 3 amide bonds. The average molecular weight is 636 g/mol. The Morgan fingerprint density at radius 2 is 1.57 bits per heavy atom. The van der Waals surface area contributed by atoms with Crippen molar-refractivity contribution in [1.82, 2.24) is 35.9 Å². The van der Waals surface area contributed by atoms with Crippen molar-refractivity contribution in [1.29, 1.82) is 0 Å². The number of nitrogens with two attached hydrogens (primary N) is 2. The van der Waals surface area contributed by atoms with Gasteiger partial charge in [-0.25, -0.2) is 9.98 Å². The summed E-state index contributed by atoms with van der Waals surface area (Å²) in [7, 11) is 0. The fourth-order valence-corrected chi connectivity index (χ4v) is 5.91. The molecular formula is C22H24Br2N10O3. The van der Waals surface area contributed by atoms with Crippen LogP contribution in [-0.4, -0.2) is 62.7 Å². The highest BCUT2D eigenvalue weighted by atomic mass is 79.9. The number of hydrogen-bond acceptors (Lipinski definition) is 7. The normalized spacial score (nSPS) is 24.8. The third-order valence-electron chi connectivity index (χ3n) is 6.84. The first-order chi connectivity index (χ1) is 17.7. The maximum absolute atomic E-state index is 12.8. The van der Waals surface area contributed by atoms with Crippen LogP contribution in [0.4, 0.5) is 5.95 Å². The number of nitrogens with zero attached hydrogens (tertiary/aromatic N) is 2. The number of carbonyl (C=O) groups excluding carboxylic acids is 3. The van der Waals surface area contributed by atoms with Gasteiger partial charge in [0, 0.05) is 52.0 Å². The summed E-state index contributed by atoms with van der Waals surface area (Å²) in [5.74, 6) is -1.60. The number of amides is 3. The molecule has 1 aliphatic heterocycles. The van der Waals surface area contributed by atoms with Crippen LogP contribution < -0.4 is 27.4 Å². The fourth-order valence-electron chi connectivity index (χ4n) is 5.22. The van der Waals surface area contributed by atoms with Crippen molar-refractivity contribution in [2.24, 2.45) is 28.5 Å². The molecule has 0 spiro atoms. The zero-order valence-electron chi connectivity index (χ0n) is 19.2. The number of halogens is 2. The van der Waals surface area contributed by atoms with Crippen LogP contribution in [0.2, 0.25) is 0 Å². The first-order valence-electron chi connectivity index (χ1n) is 11.4. The summed E-state index contributed by atoms with van der Waals surface area (Å²) in [5, 5.41) is 8.47. The van der Waals surface area contributed by atoms with Crippen molar-refractivity contribution >= 4 is 61.5 Å². The Labute approximate surface area is 227 Å². The quantitative estimate of drug-likeness (QED) is 0.179. The van der Waals surface area contributed by atoms with Gasteiger partial charge in [-0.05, 0) is 55.8 Å². The van der Waals surface area contributed by atoms with E-state index in [1.807, 2.05) is 0 Å². The number of aromatic amines is 3. The number of rotatable bonds is 8. The number of nitrogen functional groups attached to an aromatic ring is 1. The van der Waals surface area contributed by atoms with Gasteiger partial charge in [0.25, 0.3) is 17.7 Å². The molecular weight excluding hydrogens is 612 g/mol. The Morgan fingerprint density at radius 3 is 2.03 bits per heavy atom. The third-order valence-corrected chi connectivity index (χ3v) is 7.75. The van der Waals surface area contributed by atoms with E-state index in [0.29, 0.717) is 17.1 Å². The number of hydrogen-bond donors (Lipinski definition) is 8. The Morgan fingerprint density at radius 1 is 0.973 bits per heavy atom. The monoisotopic (exact) mass is 634 g/mol. The molecule has 1 saturated carbocycles. The minimum Gasteiger partial charge on any atom is -0.370 e. The van der Waals surface area contributed by atoms with Gasteiger partial charge in [0.1, 0.15) is 17.4 Å². The lowest BCUT2D eigenvalue weighted by molar-refractivity contribution is -0.124. The van der Waals surface area contributed by atoms with Gasteiger partial charge in [-0.1, -0.05) is 0 Å². The Hall–Kier alpha value is -3.59. The highest BCUT2D eigenvalue weighted by Crippen LogP contribution is 2.54. The molecule has 5 unspecified atom stereocenters. The molecule has 5 rings (SSSR count). The molecule has 3 aromatic heterocycles. The van der Waals surface area contributed by atoms with E-state index in [1.165, 1.54) is 0 Å². The Kier molecular flexibility index (Phi) is 6.81. The van der Waals surface area contributed by atoms with Crippen LogP contribution in [-0.2, 0) is 4.79 Å². The van der Waals surface area contributed by atoms with Crippen molar-refractivity contribution in [2.45, 2.75) is 12.0 Å². The number of H-pyrrole nitrogens is 3. The van der Waals surface area contributed by atoms with Gasteiger partial charge in [-0.3, -0.25) is 19.7 Å². The number of anilines is 1. The van der Waals surface area contributed by atoms with Crippen molar-refractivity contribution in [2.75, 3.05) is 18.8 Å². The zero-order valence-corrected chi connectivity index (χ0v) is 22.4. The van der Waals surface area contributed by atoms with E-state index >= 15 is 0 Å².